The number of aromatic nitrogens is 5. The average molecular weight is 253 g/mol. The molecule has 2 aromatic heterocycles. The number of benzene rings is 1. The van der Waals surface area contributed by atoms with Gasteiger partial charge in [-0.1, -0.05) is 18.2 Å². The molecule has 0 saturated heterocycles. The molecule has 0 radical (unpaired) electrons. The van der Waals surface area contributed by atoms with E-state index in [-0.39, 0.29) is 0 Å². The molecule has 0 saturated carbocycles. The average Bonchev–Trinajstić information content (AvgIpc) is 3.05. The molecule has 19 heavy (non-hydrogen) atoms. The zero-order valence-corrected chi connectivity index (χ0v) is 11.0. The Morgan fingerprint density at radius 2 is 1.95 bits per heavy atom. The zero-order chi connectivity index (χ0) is 13.2. The lowest BCUT2D eigenvalue weighted by Gasteiger charge is -2.05. The van der Waals surface area contributed by atoms with Crippen LogP contribution in [0.15, 0.2) is 42.9 Å². The highest BCUT2D eigenvalue weighted by Gasteiger charge is 2.14. The van der Waals surface area contributed by atoms with Gasteiger partial charge in [-0.2, -0.15) is 5.10 Å². The number of aryl methyl sites for hydroxylation is 2. The quantitative estimate of drug-likeness (QED) is 0.720. The predicted molar refractivity (Wildman–Crippen MR) is 73.0 cm³/mol. The first kappa shape index (κ1) is 11.6. The molecular formula is C14H15N5. The molecule has 0 amide bonds. The number of hydrogen-bond donors (Lipinski definition) is 0. The highest BCUT2D eigenvalue weighted by Crippen LogP contribution is 2.22. The van der Waals surface area contributed by atoms with Crippen LogP contribution in [0.1, 0.15) is 12.6 Å². The lowest BCUT2D eigenvalue weighted by molar-refractivity contribution is 0.653. The molecule has 0 atom stereocenters. The van der Waals surface area contributed by atoms with Crippen molar-refractivity contribution in [2.45, 2.75) is 20.4 Å². The molecule has 96 valence electrons. The topological polar surface area (TPSA) is 48.5 Å². The lowest BCUT2D eigenvalue weighted by Crippen LogP contribution is -1.96. The normalized spacial score (nSPS) is 10.8. The fraction of sp³-hybridized carbons (Fsp3) is 0.214. The molecular weight excluding hydrogens is 238 g/mol. The van der Waals surface area contributed by atoms with E-state index < -0.39 is 0 Å². The molecule has 0 fully saturated rings. The van der Waals surface area contributed by atoms with Crippen LogP contribution in [-0.2, 0) is 6.54 Å². The van der Waals surface area contributed by atoms with Crippen LogP contribution in [0.2, 0.25) is 0 Å². The van der Waals surface area contributed by atoms with E-state index in [0.29, 0.717) is 0 Å². The summed E-state index contributed by atoms with van der Waals surface area (Å²) in [5.74, 6) is 0.823. The second kappa shape index (κ2) is 4.68. The standard InChI is InChI=1S/C14H15N5/c1-3-18-9-13(11(2)17-18)14-16-15-10-19(14)12-7-5-4-6-8-12/h4-10H,3H2,1-2H3. The third kappa shape index (κ3) is 2.03. The van der Waals surface area contributed by atoms with Crippen LogP contribution in [0.4, 0.5) is 0 Å². The SMILES string of the molecule is CCn1cc(-c2nncn2-c2ccccc2)c(C)n1. The Kier molecular flexibility index (Phi) is 2.87. The van der Waals surface area contributed by atoms with Gasteiger partial charge in [-0.15, -0.1) is 10.2 Å². The van der Waals surface area contributed by atoms with Gasteiger partial charge in [-0.3, -0.25) is 9.25 Å². The molecule has 0 N–H and O–H groups in total. The van der Waals surface area contributed by atoms with E-state index in [4.69, 9.17) is 0 Å². The minimum atomic E-state index is 0.823. The van der Waals surface area contributed by atoms with Crippen molar-refractivity contribution in [2.24, 2.45) is 0 Å². The first-order valence-corrected chi connectivity index (χ1v) is 6.29. The highest BCUT2D eigenvalue weighted by atomic mass is 15.3. The van der Waals surface area contributed by atoms with Crippen molar-refractivity contribution in [3.63, 3.8) is 0 Å². The van der Waals surface area contributed by atoms with Crippen LogP contribution in [-0.4, -0.2) is 24.5 Å². The summed E-state index contributed by atoms with van der Waals surface area (Å²) in [6.07, 6.45) is 3.74. The van der Waals surface area contributed by atoms with Crippen LogP contribution in [0.5, 0.6) is 0 Å². The van der Waals surface area contributed by atoms with Crippen LogP contribution in [0.25, 0.3) is 17.1 Å². The van der Waals surface area contributed by atoms with Crippen molar-refractivity contribution in [1.82, 2.24) is 24.5 Å². The van der Waals surface area contributed by atoms with Gasteiger partial charge in [0.1, 0.15) is 6.33 Å². The van der Waals surface area contributed by atoms with Crippen LogP contribution in [0, 0.1) is 6.92 Å². The Balaban J connectivity index is 2.12. The largest absolute Gasteiger partial charge is 0.282 e. The minimum absolute atomic E-state index is 0.823. The van der Waals surface area contributed by atoms with Gasteiger partial charge in [0.25, 0.3) is 0 Å². The maximum Gasteiger partial charge on any atom is 0.171 e. The summed E-state index contributed by atoms with van der Waals surface area (Å²) in [7, 11) is 0. The molecule has 5 nitrogen and oxygen atoms in total. The van der Waals surface area contributed by atoms with Crippen molar-refractivity contribution in [1.29, 1.82) is 0 Å². The number of rotatable bonds is 3. The molecule has 0 aliphatic heterocycles. The Hall–Kier alpha value is -2.43. The summed E-state index contributed by atoms with van der Waals surface area (Å²) in [6, 6.07) is 10.1. The van der Waals surface area contributed by atoms with E-state index in [1.54, 1.807) is 6.33 Å². The third-order valence-electron chi connectivity index (χ3n) is 3.09. The van der Waals surface area contributed by atoms with Gasteiger partial charge >= 0.3 is 0 Å². The first-order valence-electron chi connectivity index (χ1n) is 6.29. The smallest absolute Gasteiger partial charge is 0.171 e. The number of hydrogen-bond acceptors (Lipinski definition) is 3. The molecule has 3 rings (SSSR count). The Morgan fingerprint density at radius 3 is 2.63 bits per heavy atom. The zero-order valence-electron chi connectivity index (χ0n) is 11.0. The van der Waals surface area contributed by atoms with E-state index in [1.165, 1.54) is 0 Å². The third-order valence-corrected chi connectivity index (χ3v) is 3.09. The number of para-hydroxylation sites is 1. The summed E-state index contributed by atoms with van der Waals surface area (Å²) in [5.41, 5.74) is 3.03. The summed E-state index contributed by atoms with van der Waals surface area (Å²) in [6.45, 7) is 4.91. The van der Waals surface area contributed by atoms with Crippen LogP contribution in [0.3, 0.4) is 0 Å². The van der Waals surface area contributed by atoms with Crippen molar-refractivity contribution in [3.8, 4) is 17.1 Å². The Bertz CT molecular complexity index is 681. The molecule has 2 heterocycles. The molecule has 1 aromatic carbocycles. The summed E-state index contributed by atoms with van der Waals surface area (Å²) < 4.78 is 3.89. The molecule has 0 spiro atoms. The Labute approximate surface area is 111 Å². The van der Waals surface area contributed by atoms with Gasteiger partial charge in [-0.05, 0) is 26.0 Å². The monoisotopic (exact) mass is 253 g/mol. The van der Waals surface area contributed by atoms with Gasteiger partial charge in [0.05, 0.1) is 11.3 Å². The van der Waals surface area contributed by atoms with Crippen molar-refractivity contribution >= 4 is 0 Å². The van der Waals surface area contributed by atoms with Gasteiger partial charge in [0.15, 0.2) is 5.82 Å². The van der Waals surface area contributed by atoms with Gasteiger partial charge in [-0.25, -0.2) is 0 Å². The minimum Gasteiger partial charge on any atom is -0.282 e. The van der Waals surface area contributed by atoms with Gasteiger partial charge < -0.3 is 0 Å². The van der Waals surface area contributed by atoms with Gasteiger partial charge in [0.2, 0.25) is 0 Å². The van der Waals surface area contributed by atoms with Crippen molar-refractivity contribution in [3.05, 3.63) is 48.5 Å². The molecule has 3 aromatic rings. The van der Waals surface area contributed by atoms with E-state index in [9.17, 15) is 0 Å². The van der Waals surface area contributed by atoms with Crippen LogP contribution < -0.4 is 0 Å². The van der Waals surface area contributed by atoms with Crippen LogP contribution >= 0.6 is 0 Å². The molecule has 0 aliphatic carbocycles. The summed E-state index contributed by atoms with van der Waals surface area (Å²) >= 11 is 0. The summed E-state index contributed by atoms with van der Waals surface area (Å²) in [5, 5.41) is 12.7. The maximum absolute atomic E-state index is 4.46. The maximum atomic E-state index is 4.46. The number of nitrogens with zero attached hydrogens (tertiary/aromatic N) is 5. The first-order chi connectivity index (χ1) is 9.29. The van der Waals surface area contributed by atoms with Crippen molar-refractivity contribution in [2.75, 3.05) is 0 Å². The lowest BCUT2D eigenvalue weighted by atomic mass is 10.2. The van der Waals surface area contributed by atoms with E-state index >= 15 is 0 Å². The second-order valence-electron chi connectivity index (χ2n) is 4.34. The fourth-order valence-corrected chi connectivity index (χ4v) is 2.10. The van der Waals surface area contributed by atoms with E-state index in [1.807, 2.05) is 52.7 Å². The summed E-state index contributed by atoms with van der Waals surface area (Å²) in [4.78, 5) is 0. The molecule has 0 aliphatic rings. The predicted octanol–water partition coefficient (Wildman–Crippen LogP) is 2.46. The fourth-order valence-electron chi connectivity index (χ4n) is 2.10. The van der Waals surface area contributed by atoms with E-state index in [2.05, 4.69) is 22.2 Å². The van der Waals surface area contributed by atoms with Gasteiger partial charge in [0, 0.05) is 18.4 Å². The van der Waals surface area contributed by atoms with E-state index in [0.717, 1.165) is 29.3 Å². The Morgan fingerprint density at radius 1 is 1.16 bits per heavy atom. The second-order valence-corrected chi connectivity index (χ2v) is 4.34. The highest BCUT2D eigenvalue weighted by molar-refractivity contribution is 5.59. The van der Waals surface area contributed by atoms with Crippen molar-refractivity contribution < 1.29 is 0 Å². The molecule has 0 bridgehead atoms. The molecule has 0 unspecified atom stereocenters. The molecule has 5 heteroatoms.